The summed E-state index contributed by atoms with van der Waals surface area (Å²) in [7, 11) is 0. The Balaban J connectivity index is 1.86. The first-order valence-electron chi connectivity index (χ1n) is 7.82. The maximum Gasteiger partial charge on any atom is 0.416 e. The van der Waals surface area contributed by atoms with Gasteiger partial charge in [-0.05, 0) is 24.6 Å². The van der Waals surface area contributed by atoms with Crippen LogP contribution in [0.2, 0.25) is 0 Å². The van der Waals surface area contributed by atoms with Crippen LogP contribution in [0.1, 0.15) is 28.9 Å². The summed E-state index contributed by atoms with van der Waals surface area (Å²) >= 11 is 0. The summed E-state index contributed by atoms with van der Waals surface area (Å²) in [4.78, 5) is 24.9. The van der Waals surface area contributed by atoms with E-state index < -0.39 is 35.8 Å². The van der Waals surface area contributed by atoms with Gasteiger partial charge in [0, 0.05) is 0 Å². The van der Waals surface area contributed by atoms with Crippen LogP contribution in [0, 0.1) is 6.92 Å². The lowest BCUT2D eigenvalue weighted by molar-refractivity contribution is -0.155. The van der Waals surface area contributed by atoms with Crippen LogP contribution in [0.5, 0.6) is 0 Å². The van der Waals surface area contributed by atoms with E-state index in [1.807, 2.05) is 0 Å². The van der Waals surface area contributed by atoms with E-state index in [-0.39, 0.29) is 18.7 Å². The molecule has 1 amide bonds. The van der Waals surface area contributed by atoms with Gasteiger partial charge in [0.15, 0.2) is 5.82 Å². The van der Waals surface area contributed by atoms with Crippen molar-refractivity contribution in [3.63, 3.8) is 0 Å². The number of alkyl halides is 4. The molecule has 7 nitrogen and oxygen atoms in total. The van der Waals surface area contributed by atoms with E-state index in [9.17, 15) is 32.3 Å². The van der Waals surface area contributed by atoms with Gasteiger partial charge in [-0.3, -0.25) is 4.79 Å². The summed E-state index contributed by atoms with van der Waals surface area (Å²) in [6.07, 6.45) is -6.89. The number of hydrogen-bond acceptors (Lipinski definition) is 4. The summed E-state index contributed by atoms with van der Waals surface area (Å²) in [5.74, 6) is -1.73. The summed E-state index contributed by atoms with van der Waals surface area (Å²) in [6, 6.07) is 1.71. The second-order valence-electron chi connectivity index (χ2n) is 6.08. The number of carbonyl (C=O) groups is 2. The first kappa shape index (κ1) is 18.8. The molecule has 1 aliphatic heterocycles. The van der Waals surface area contributed by atoms with Crippen molar-refractivity contribution in [2.75, 3.05) is 0 Å². The predicted molar refractivity (Wildman–Crippen MR) is 82.0 cm³/mol. The lowest BCUT2D eigenvalue weighted by Gasteiger charge is -2.34. The topological polar surface area (TPSA) is 88.3 Å². The normalized spacial score (nSPS) is 18.1. The van der Waals surface area contributed by atoms with Crippen LogP contribution < -0.4 is 0 Å². The van der Waals surface area contributed by atoms with Crippen LogP contribution in [0.4, 0.5) is 17.6 Å². The number of carboxylic acid groups (broad SMARTS) is 1. The lowest BCUT2D eigenvalue weighted by atomic mass is 10.0. The molecule has 3 rings (SSSR count). The molecule has 1 N–H and O–H groups in total. The van der Waals surface area contributed by atoms with Crippen LogP contribution in [0.15, 0.2) is 24.3 Å². The van der Waals surface area contributed by atoms with Crippen molar-refractivity contribution in [2.45, 2.75) is 38.4 Å². The molecule has 2 unspecified atom stereocenters. The maximum atomic E-state index is 14.7. The number of carbonyl (C=O) groups excluding carboxylic acids is 1. The van der Waals surface area contributed by atoms with Gasteiger partial charge in [-0.25, -0.2) is 9.18 Å². The van der Waals surface area contributed by atoms with Crippen LogP contribution in [0.3, 0.4) is 0 Å². The van der Waals surface area contributed by atoms with Crippen molar-refractivity contribution in [3.8, 4) is 0 Å². The van der Waals surface area contributed by atoms with Crippen LogP contribution in [0.25, 0.3) is 0 Å². The number of rotatable bonds is 3. The van der Waals surface area contributed by atoms with Gasteiger partial charge >= 0.3 is 12.1 Å². The minimum absolute atomic E-state index is 0.144. The minimum Gasteiger partial charge on any atom is -0.480 e. The van der Waals surface area contributed by atoms with Gasteiger partial charge in [0.1, 0.15) is 11.9 Å². The molecule has 11 heteroatoms. The Kier molecular flexibility index (Phi) is 4.62. The average Bonchev–Trinajstić information content (AvgIpc) is 2.99. The first-order chi connectivity index (χ1) is 12.6. The van der Waals surface area contributed by atoms with Crippen molar-refractivity contribution >= 4 is 11.9 Å². The molecule has 0 radical (unpaired) electrons. The molecule has 0 fully saturated rings. The molecule has 0 aliphatic carbocycles. The summed E-state index contributed by atoms with van der Waals surface area (Å²) in [6.45, 7) is 1.21. The standard InChI is InChI=1S/C16H14F4N4O3/c1-8-21-22-12-7-24(11(15(26)27)6-23(8)12)14(25)13(17)9-2-4-10(5-3-9)16(18,19)20/h2-5,11,13H,6-7H2,1H3,(H,26,27). The zero-order valence-corrected chi connectivity index (χ0v) is 13.9. The number of amides is 1. The Morgan fingerprint density at radius 2 is 1.85 bits per heavy atom. The van der Waals surface area contributed by atoms with Gasteiger partial charge in [-0.2, -0.15) is 13.2 Å². The zero-order chi connectivity index (χ0) is 19.9. The Hall–Kier alpha value is -2.98. The molecular weight excluding hydrogens is 372 g/mol. The molecule has 27 heavy (non-hydrogen) atoms. The fourth-order valence-electron chi connectivity index (χ4n) is 2.89. The third-order valence-electron chi connectivity index (χ3n) is 4.37. The van der Waals surface area contributed by atoms with Crippen molar-refractivity contribution in [3.05, 3.63) is 47.0 Å². The molecule has 0 saturated carbocycles. The molecular formula is C16H14F4N4O3. The Bertz CT molecular complexity index is 879. The number of nitrogens with zero attached hydrogens (tertiary/aromatic N) is 4. The van der Waals surface area contributed by atoms with E-state index in [0.29, 0.717) is 23.8 Å². The Morgan fingerprint density at radius 3 is 2.41 bits per heavy atom. The van der Waals surface area contributed by atoms with Crippen molar-refractivity contribution in [1.29, 1.82) is 0 Å². The minimum atomic E-state index is -4.59. The quantitative estimate of drug-likeness (QED) is 0.817. The largest absolute Gasteiger partial charge is 0.480 e. The fourth-order valence-corrected chi connectivity index (χ4v) is 2.89. The lowest BCUT2D eigenvalue weighted by Crippen LogP contribution is -2.51. The molecule has 1 aliphatic rings. The third kappa shape index (κ3) is 3.49. The van der Waals surface area contributed by atoms with E-state index in [0.717, 1.165) is 17.0 Å². The highest BCUT2D eigenvalue weighted by molar-refractivity contribution is 5.87. The second-order valence-corrected chi connectivity index (χ2v) is 6.08. The van der Waals surface area contributed by atoms with E-state index in [4.69, 9.17) is 0 Å². The summed E-state index contributed by atoms with van der Waals surface area (Å²) in [5, 5.41) is 17.0. The SMILES string of the molecule is Cc1nnc2n1CC(C(=O)O)N(C(=O)C(F)c1ccc(C(F)(F)F)cc1)C2. The van der Waals surface area contributed by atoms with Crippen LogP contribution in [-0.2, 0) is 28.9 Å². The number of aliphatic carboxylic acids is 1. The molecule has 0 saturated heterocycles. The van der Waals surface area contributed by atoms with Gasteiger partial charge < -0.3 is 14.6 Å². The number of aromatic nitrogens is 3. The number of aryl methyl sites for hydroxylation is 1. The first-order valence-corrected chi connectivity index (χ1v) is 7.82. The number of carboxylic acids is 1. The molecule has 144 valence electrons. The van der Waals surface area contributed by atoms with Gasteiger partial charge in [0.25, 0.3) is 5.91 Å². The van der Waals surface area contributed by atoms with E-state index in [2.05, 4.69) is 10.2 Å². The highest BCUT2D eigenvalue weighted by Crippen LogP contribution is 2.31. The van der Waals surface area contributed by atoms with Gasteiger partial charge in [0.2, 0.25) is 6.17 Å². The van der Waals surface area contributed by atoms with E-state index in [1.165, 1.54) is 4.57 Å². The fraction of sp³-hybridized carbons (Fsp3) is 0.375. The highest BCUT2D eigenvalue weighted by atomic mass is 19.4. The van der Waals surface area contributed by atoms with Crippen LogP contribution >= 0.6 is 0 Å². The van der Waals surface area contributed by atoms with Crippen molar-refractivity contribution in [2.24, 2.45) is 0 Å². The number of hydrogen-bond donors (Lipinski definition) is 1. The third-order valence-corrected chi connectivity index (χ3v) is 4.37. The van der Waals surface area contributed by atoms with Gasteiger partial charge in [0.05, 0.1) is 18.7 Å². The van der Waals surface area contributed by atoms with Gasteiger partial charge in [-0.1, -0.05) is 12.1 Å². The molecule has 2 atom stereocenters. The molecule has 0 bridgehead atoms. The van der Waals surface area contributed by atoms with Crippen molar-refractivity contribution < 1.29 is 32.3 Å². The Morgan fingerprint density at radius 1 is 1.22 bits per heavy atom. The summed E-state index contributed by atoms with van der Waals surface area (Å²) in [5.41, 5.74) is -1.27. The molecule has 2 heterocycles. The number of fused-ring (bicyclic) bond motifs is 1. The number of benzene rings is 1. The molecule has 1 aromatic heterocycles. The monoisotopic (exact) mass is 386 g/mol. The van der Waals surface area contributed by atoms with Crippen molar-refractivity contribution in [1.82, 2.24) is 19.7 Å². The molecule has 0 spiro atoms. The summed E-state index contributed by atoms with van der Waals surface area (Å²) < 4.78 is 54.0. The van der Waals surface area contributed by atoms with Crippen LogP contribution in [-0.4, -0.2) is 42.7 Å². The predicted octanol–water partition coefficient (Wildman–Crippen LogP) is 2.11. The Labute approximate surface area is 150 Å². The number of halogens is 4. The van der Waals surface area contributed by atoms with E-state index >= 15 is 0 Å². The highest BCUT2D eigenvalue weighted by Gasteiger charge is 2.40. The smallest absolute Gasteiger partial charge is 0.416 e. The average molecular weight is 386 g/mol. The maximum absolute atomic E-state index is 14.7. The van der Waals surface area contributed by atoms with E-state index in [1.54, 1.807) is 6.92 Å². The molecule has 1 aromatic carbocycles. The van der Waals surface area contributed by atoms with Gasteiger partial charge in [-0.15, -0.1) is 10.2 Å². The zero-order valence-electron chi connectivity index (χ0n) is 13.9. The second kappa shape index (κ2) is 6.63. The molecule has 2 aromatic rings.